The van der Waals surface area contributed by atoms with Gasteiger partial charge in [-0.25, -0.2) is 9.79 Å². The van der Waals surface area contributed by atoms with Crippen LogP contribution in [0, 0.1) is 0 Å². The Morgan fingerprint density at radius 1 is 1.00 bits per heavy atom. The average molecular weight is 600 g/mol. The summed E-state index contributed by atoms with van der Waals surface area (Å²) in [5, 5.41) is 0. The molecule has 10 nitrogen and oxygen atoms in total. The Bertz CT molecular complexity index is 1880. The van der Waals surface area contributed by atoms with E-state index in [9.17, 15) is 14.4 Å². The summed E-state index contributed by atoms with van der Waals surface area (Å²) >= 11 is 1.20. The lowest BCUT2D eigenvalue weighted by Gasteiger charge is -2.27. The Balaban J connectivity index is 1.76. The third kappa shape index (κ3) is 6.07. The Labute approximate surface area is 250 Å². The predicted molar refractivity (Wildman–Crippen MR) is 162 cm³/mol. The van der Waals surface area contributed by atoms with Crippen LogP contribution in [-0.2, 0) is 14.3 Å². The molecule has 0 radical (unpaired) electrons. The third-order valence-electron chi connectivity index (χ3n) is 6.66. The number of amides is 1. The molecule has 2 heterocycles. The summed E-state index contributed by atoms with van der Waals surface area (Å²) < 4.78 is 24.0. The van der Waals surface area contributed by atoms with Gasteiger partial charge in [-0.15, -0.1) is 0 Å². The van der Waals surface area contributed by atoms with Crippen molar-refractivity contribution in [3.05, 3.63) is 115 Å². The standard InChI is InChI=1S/C32H29N3O7S/c1-4-41-31(38)27-28(20-8-6-5-7-9-20)34-32-35(29(27)23-17-22(39-2)14-15-24(23)40-3)30(37)25(43-32)16-19-10-12-21(13-11-19)42-18-26(33)36/h5-17,29H,4,18H2,1-3H3,(H2,33,36)/b25-16-/t29-/m1/s1. The lowest BCUT2D eigenvalue weighted by atomic mass is 9.92. The molecule has 1 atom stereocenters. The number of fused-ring (bicyclic) bond motifs is 1. The maximum atomic E-state index is 14.1. The Hall–Kier alpha value is -5.16. The topological polar surface area (TPSA) is 131 Å². The first kappa shape index (κ1) is 29.3. The number of methoxy groups -OCH3 is 2. The van der Waals surface area contributed by atoms with E-state index in [1.54, 1.807) is 62.6 Å². The second kappa shape index (κ2) is 12.8. The number of benzene rings is 3. The van der Waals surface area contributed by atoms with Gasteiger partial charge in [0.15, 0.2) is 11.4 Å². The molecule has 0 saturated carbocycles. The quantitative estimate of drug-likeness (QED) is 0.277. The molecule has 4 aromatic rings. The molecule has 2 N–H and O–H groups in total. The molecular formula is C32H29N3O7S. The third-order valence-corrected chi connectivity index (χ3v) is 7.65. The van der Waals surface area contributed by atoms with Crippen molar-refractivity contribution in [2.45, 2.75) is 13.0 Å². The minimum Gasteiger partial charge on any atom is -0.497 e. The number of nitrogens with zero attached hydrogens (tertiary/aromatic N) is 2. The number of carbonyl (C=O) groups excluding carboxylic acids is 2. The normalized spacial score (nSPS) is 14.5. The van der Waals surface area contributed by atoms with E-state index < -0.39 is 17.9 Å². The number of aromatic nitrogens is 1. The molecule has 0 bridgehead atoms. The number of ether oxygens (including phenoxy) is 4. The highest BCUT2D eigenvalue weighted by atomic mass is 32.1. The van der Waals surface area contributed by atoms with Gasteiger partial charge in [0, 0.05) is 11.1 Å². The molecule has 1 amide bonds. The second-order valence-electron chi connectivity index (χ2n) is 9.36. The van der Waals surface area contributed by atoms with Crippen LogP contribution < -0.4 is 34.8 Å². The Morgan fingerprint density at radius 2 is 1.72 bits per heavy atom. The molecule has 0 fully saturated rings. The van der Waals surface area contributed by atoms with Gasteiger partial charge in [0.25, 0.3) is 11.5 Å². The van der Waals surface area contributed by atoms with Gasteiger partial charge < -0.3 is 24.7 Å². The SMILES string of the molecule is CCOC(=O)C1=C(c2ccccc2)N=c2s/c(=C\c3ccc(OCC(N)=O)cc3)c(=O)n2[C@@H]1c1cc(OC)ccc1OC. The summed E-state index contributed by atoms with van der Waals surface area (Å²) in [5.41, 5.74) is 7.37. The average Bonchev–Trinajstić information content (AvgIpc) is 3.34. The van der Waals surface area contributed by atoms with Crippen molar-refractivity contribution in [3.8, 4) is 17.2 Å². The minimum absolute atomic E-state index is 0.135. The summed E-state index contributed by atoms with van der Waals surface area (Å²) in [6.07, 6.45) is 1.73. The monoisotopic (exact) mass is 599 g/mol. The lowest BCUT2D eigenvalue weighted by molar-refractivity contribution is -0.138. The van der Waals surface area contributed by atoms with Gasteiger partial charge in [0.2, 0.25) is 0 Å². The van der Waals surface area contributed by atoms with Crippen LogP contribution in [0.1, 0.15) is 29.7 Å². The van der Waals surface area contributed by atoms with Crippen LogP contribution in [0.25, 0.3) is 11.8 Å². The number of hydrogen-bond acceptors (Lipinski definition) is 9. The number of nitrogens with two attached hydrogens (primary N) is 1. The van der Waals surface area contributed by atoms with Crippen molar-refractivity contribution >= 4 is 35.0 Å². The van der Waals surface area contributed by atoms with E-state index >= 15 is 0 Å². The number of hydrogen-bond donors (Lipinski definition) is 1. The fourth-order valence-corrected chi connectivity index (χ4v) is 5.75. The van der Waals surface area contributed by atoms with Crippen LogP contribution in [0.4, 0.5) is 0 Å². The summed E-state index contributed by atoms with van der Waals surface area (Å²) in [6.45, 7) is 1.62. The molecule has 0 saturated heterocycles. The van der Waals surface area contributed by atoms with Crippen molar-refractivity contribution < 1.29 is 28.5 Å². The molecule has 3 aromatic carbocycles. The molecule has 1 aromatic heterocycles. The highest BCUT2D eigenvalue weighted by Crippen LogP contribution is 2.40. The van der Waals surface area contributed by atoms with Gasteiger partial charge in [-0.1, -0.05) is 53.8 Å². The Kier molecular flexibility index (Phi) is 8.72. The summed E-state index contributed by atoms with van der Waals surface area (Å²) in [6, 6.07) is 20.5. The first-order valence-electron chi connectivity index (χ1n) is 13.4. The van der Waals surface area contributed by atoms with E-state index in [4.69, 9.17) is 29.7 Å². The van der Waals surface area contributed by atoms with Gasteiger partial charge in [-0.3, -0.25) is 14.2 Å². The molecule has 1 aliphatic rings. The summed E-state index contributed by atoms with van der Waals surface area (Å²) in [5.74, 6) is 0.278. The number of primary amides is 1. The smallest absolute Gasteiger partial charge is 0.338 e. The Morgan fingerprint density at radius 3 is 2.37 bits per heavy atom. The van der Waals surface area contributed by atoms with E-state index in [0.29, 0.717) is 43.4 Å². The number of thiazole rings is 1. The van der Waals surface area contributed by atoms with Crippen molar-refractivity contribution in [3.63, 3.8) is 0 Å². The first-order valence-corrected chi connectivity index (χ1v) is 14.2. The van der Waals surface area contributed by atoms with Crippen molar-refractivity contribution in [1.29, 1.82) is 0 Å². The minimum atomic E-state index is -0.928. The number of rotatable bonds is 10. The molecule has 0 aliphatic carbocycles. The maximum absolute atomic E-state index is 14.1. The van der Waals surface area contributed by atoms with Crippen LogP contribution in [-0.4, -0.2) is 43.9 Å². The molecule has 220 valence electrons. The fourth-order valence-electron chi connectivity index (χ4n) is 4.75. The molecule has 11 heteroatoms. The van der Waals surface area contributed by atoms with E-state index in [-0.39, 0.29) is 24.3 Å². The van der Waals surface area contributed by atoms with E-state index in [0.717, 1.165) is 5.56 Å². The van der Waals surface area contributed by atoms with Gasteiger partial charge >= 0.3 is 5.97 Å². The van der Waals surface area contributed by atoms with Crippen LogP contribution in [0.2, 0.25) is 0 Å². The molecular weight excluding hydrogens is 570 g/mol. The van der Waals surface area contributed by atoms with E-state index in [2.05, 4.69) is 0 Å². The zero-order valence-corrected chi connectivity index (χ0v) is 24.6. The van der Waals surface area contributed by atoms with Crippen LogP contribution in [0.5, 0.6) is 17.2 Å². The zero-order valence-electron chi connectivity index (χ0n) is 23.7. The molecule has 43 heavy (non-hydrogen) atoms. The highest BCUT2D eigenvalue weighted by molar-refractivity contribution is 7.07. The van der Waals surface area contributed by atoms with E-state index in [1.807, 2.05) is 30.3 Å². The van der Waals surface area contributed by atoms with Crippen molar-refractivity contribution in [2.24, 2.45) is 10.7 Å². The summed E-state index contributed by atoms with van der Waals surface area (Å²) in [7, 11) is 3.07. The van der Waals surface area contributed by atoms with Crippen molar-refractivity contribution in [2.75, 3.05) is 27.4 Å². The predicted octanol–water partition coefficient (Wildman–Crippen LogP) is 2.82. The van der Waals surface area contributed by atoms with Crippen LogP contribution in [0.15, 0.2) is 88.2 Å². The molecule has 0 unspecified atom stereocenters. The summed E-state index contributed by atoms with van der Waals surface area (Å²) in [4.78, 5) is 44.1. The maximum Gasteiger partial charge on any atom is 0.338 e. The zero-order chi connectivity index (χ0) is 30.5. The molecule has 1 aliphatic heterocycles. The lowest BCUT2D eigenvalue weighted by Crippen LogP contribution is -2.40. The van der Waals surface area contributed by atoms with Gasteiger partial charge in [0.1, 0.15) is 23.3 Å². The van der Waals surface area contributed by atoms with Crippen LogP contribution in [0.3, 0.4) is 0 Å². The van der Waals surface area contributed by atoms with Gasteiger partial charge in [-0.05, 0) is 48.9 Å². The number of carbonyl (C=O) groups is 2. The molecule has 5 rings (SSSR count). The highest BCUT2D eigenvalue weighted by Gasteiger charge is 2.37. The van der Waals surface area contributed by atoms with Gasteiger partial charge in [-0.2, -0.15) is 0 Å². The van der Waals surface area contributed by atoms with Crippen LogP contribution >= 0.6 is 11.3 Å². The van der Waals surface area contributed by atoms with E-state index in [1.165, 1.54) is 23.0 Å². The second-order valence-corrected chi connectivity index (χ2v) is 10.4. The molecule has 0 spiro atoms. The fraction of sp³-hybridized carbons (Fsp3) is 0.188. The van der Waals surface area contributed by atoms with Gasteiger partial charge in [0.05, 0.1) is 36.6 Å². The van der Waals surface area contributed by atoms with Crippen molar-refractivity contribution in [1.82, 2.24) is 4.57 Å². The number of esters is 1. The first-order chi connectivity index (χ1) is 20.8. The largest absolute Gasteiger partial charge is 0.497 e.